The van der Waals surface area contributed by atoms with E-state index in [4.69, 9.17) is 10.5 Å². The third-order valence-corrected chi connectivity index (χ3v) is 4.73. The lowest BCUT2D eigenvalue weighted by atomic mass is 10.0. The predicted octanol–water partition coefficient (Wildman–Crippen LogP) is 2.49. The van der Waals surface area contributed by atoms with Crippen LogP contribution in [0.5, 0.6) is 5.75 Å². The number of carbonyl (C=O) groups excluding carboxylic acids is 2. The van der Waals surface area contributed by atoms with Crippen molar-refractivity contribution in [1.29, 1.82) is 0 Å². The summed E-state index contributed by atoms with van der Waals surface area (Å²) in [7, 11) is 0. The first-order valence-corrected chi connectivity index (χ1v) is 9.27. The molecule has 0 radical (unpaired) electrons. The Labute approximate surface area is 159 Å². The Bertz CT molecular complexity index is 822. The second-order valence-corrected chi connectivity index (χ2v) is 6.95. The SMILES string of the molecule is Cc1cccc(CCC(=O)N2CCCC(Oc3ccnc(C(N)=O)c3)C2)c1. The highest BCUT2D eigenvalue weighted by Gasteiger charge is 2.25. The van der Waals surface area contributed by atoms with Gasteiger partial charge in [0.05, 0.1) is 6.54 Å². The number of hydrogen-bond donors (Lipinski definition) is 1. The number of ether oxygens (including phenoxy) is 1. The molecule has 1 aliphatic rings. The fourth-order valence-electron chi connectivity index (χ4n) is 3.35. The zero-order chi connectivity index (χ0) is 19.2. The summed E-state index contributed by atoms with van der Waals surface area (Å²) in [5.41, 5.74) is 7.83. The molecule has 0 saturated carbocycles. The summed E-state index contributed by atoms with van der Waals surface area (Å²) in [4.78, 5) is 29.6. The third kappa shape index (κ3) is 5.29. The lowest BCUT2D eigenvalue weighted by Gasteiger charge is -2.33. The molecule has 142 valence electrons. The molecule has 0 bridgehead atoms. The molecule has 2 aromatic rings. The van der Waals surface area contributed by atoms with Gasteiger partial charge in [-0.25, -0.2) is 0 Å². The van der Waals surface area contributed by atoms with Crippen molar-refractivity contribution in [3.05, 3.63) is 59.4 Å². The van der Waals surface area contributed by atoms with Gasteiger partial charge in [-0.05, 0) is 37.8 Å². The van der Waals surface area contributed by atoms with Crippen LogP contribution in [-0.4, -0.2) is 40.9 Å². The predicted molar refractivity (Wildman–Crippen MR) is 102 cm³/mol. The van der Waals surface area contributed by atoms with E-state index in [1.807, 2.05) is 11.0 Å². The van der Waals surface area contributed by atoms with Crippen LogP contribution in [0.3, 0.4) is 0 Å². The second kappa shape index (κ2) is 8.66. The van der Waals surface area contributed by atoms with Gasteiger partial charge in [-0.1, -0.05) is 29.8 Å². The molecule has 27 heavy (non-hydrogen) atoms. The normalized spacial score (nSPS) is 16.8. The number of nitrogens with two attached hydrogens (primary N) is 1. The molecule has 3 rings (SSSR count). The minimum absolute atomic E-state index is 0.0928. The Morgan fingerprint density at radius 1 is 1.30 bits per heavy atom. The first-order chi connectivity index (χ1) is 13.0. The number of likely N-dealkylation sites (tertiary alicyclic amines) is 1. The molecule has 1 aliphatic heterocycles. The van der Waals surface area contributed by atoms with E-state index in [0.717, 1.165) is 25.8 Å². The summed E-state index contributed by atoms with van der Waals surface area (Å²) in [5.74, 6) is 0.118. The smallest absolute Gasteiger partial charge is 0.267 e. The van der Waals surface area contributed by atoms with Crippen molar-refractivity contribution < 1.29 is 14.3 Å². The number of aromatic nitrogens is 1. The number of benzene rings is 1. The maximum atomic E-state index is 12.6. The standard InChI is InChI=1S/C21H25N3O3/c1-15-4-2-5-16(12-15)7-8-20(25)24-11-3-6-18(14-24)27-17-9-10-23-19(13-17)21(22)26/h2,4-5,9-10,12-13,18H,3,6-8,11,14H2,1H3,(H2,22,26). The molecule has 1 aromatic carbocycles. The van der Waals surface area contributed by atoms with Crippen molar-refractivity contribution >= 4 is 11.8 Å². The number of amides is 2. The molecule has 6 nitrogen and oxygen atoms in total. The van der Waals surface area contributed by atoms with Gasteiger partial charge in [-0.2, -0.15) is 0 Å². The van der Waals surface area contributed by atoms with E-state index in [2.05, 4.69) is 30.1 Å². The molecule has 1 aromatic heterocycles. The third-order valence-electron chi connectivity index (χ3n) is 4.73. The molecule has 1 atom stereocenters. The molecule has 0 spiro atoms. The Morgan fingerprint density at radius 3 is 2.93 bits per heavy atom. The van der Waals surface area contributed by atoms with Crippen molar-refractivity contribution in [3.63, 3.8) is 0 Å². The van der Waals surface area contributed by atoms with Crippen LogP contribution in [-0.2, 0) is 11.2 Å². The van der Waals surface area contributed by atoms with Gasteiger partial charge in [0, 0.05) is 25.2 Å². The summed E-state index contributed by atoms with van der Waals surface area (Å²) < 4.78 is 5.96. The molecule has 2 N–H and O–H groups in total. The zero-order valence-corrected chi connectivity index (χ0v) is 15.6. The average molecular weight is 367 g/mol. The van der Waals surface area contributed by atoms with Crippen LogP contribution < -0.4 is 10.5 Å². The van der Waals surface area contributed by atoms with Crippen LogP contribution in [0.2, 0.25) is 0 Å². The monoisotopic (exact) mass is 367 g/mol. The average Bonchev–Trinajstić information content (AvgIpc) is 2.66. The Balaban J connectivity index is 1.54. The summed E-state index contributed by atoms with van der Waals surface area (Å²) in [6, 6.07) is 11.5. The van der Waals surface area contributed by atoms with Crippen molar-refractivity contribution in [1.82, 2.24) is 9.88 Å². The zero-order valence-electron chi connectivity index (χ0n) is 15.6. The van der Waals surface area contributed by atoms with E-state index in [0.29, 0.717) is 18.7 Å². The minimum Gasteiger partial charge on any atom is -0.488 e. The number of piperidine rings is 1. The van der Waals surface area contributed by atoms with Crippen LogP contribution in [0, 0.1) is 6.92 Å². The van der Waals surface area contributed by atoms with Crippen LogP contribution in [0.4, 0.5) is 0 Å². The van der Waals surface area contributed by atoms with Crippen LogP contribution in [0.15, 0.2) is 42.6 Å². The van der Waals surface area contributed by atoms with Gasteiger partial charge in [0.2, 0.25) is 5.91 Å². The molecule has 2 amide bonds. The summed E-state index contributed by atoms with van der Waals surface area (Å²) in [6.45, 7) is 3.37. The largest absolute Gasteiger partial charge is 0.488 e. The maximum Gasteiger partial charge on any atom is 0.267 e. The topological polar surface area (TPSA) is 85.5 Å². The fourth-order valence-corrected chi connectivity index (χ4v) is 3.35. The van der Waals surface area contributed by atoms with Gasteiger partial charge in [0.1, 0.15) is 17.5 Å². The Kier molecular flexibility index (Phi) is 6.06. The molecule has 1 unspecified atom stereocenters. The highest BCUT2D eigenvalue weighted by atomic mass is 16.5. The molecule has 6 heteroatoms. The minimum atomic E-state index is -0.586. The maximum absolute atomic E-state index is 12.6. The van der Waals surface area contributed by atoms with Crippen LogP contribution >= 0.6 is 0 Å². The lowest BCUT2D eigenvalue weighted by Crippen LogP contribution is -2.44. The van der Waals surface area contributed by atoms with Crippen molar-refractivity contribution in [2.24, 2.45) is 5.73 Å². The first kappa shape index (κ1) is 18.9. The van der Waals surface area contributed by atoms with E-state index >= 15 is 0 Å². The first-order valence-electron chi connectivity index (χ1n) is 9.27. The summed E-state index contributed by atoms with van der Waals surface area (Å²) >= 11 is 0. The molecule has 1 fully saturated rings. The molecule has 2 heterocycles. The molecular formula is C21H25N3O3. The molecule has 0 aliphatic carbocycles. The van der Waals surface area contributed by atoms with Gasteiger partial charge >= 0.3 is 0 Å². The highest BCUT2D eigenvalue weighted by molar-refractivity contribution is 5.91. The number of pyridine rings is 1. The number of primary amides is 1. The van der Waals surface area contributed by atoms with E-state index < -0.39 is 5.91 Å². The number of carbonyl (C=O) groups is 2. The quantitative estimate of drug-likeness (QED) is 0.850. The van der Waals surface area contributed by atoms with Gasteiger partial charge < -0.3 is 15.4 Å². The van der Waals surface area contributed by atoms with Crippen molar-refractivity contribution in [3.8, 4) is 5.75 Å². The Morgan fingerprint density at radius 2 is 2.15 bits per heavy atom. The van der Waals surface area contributed by atoms with Gasteiger partial charge in [-0.3, -0.25) is 14.6 Å². The molecular weight excluding hydrogens is 342 g/mol. The summed E-state index contributed by atoms with van der Waals surface area (Å²) in [5, 5.41) is 0. The van der Waals surface area contributed by atoms with Crippen LogP contribution in [0.25, 0.3) is 0 Å². The highest BCUT2D eigenvalue weighted by Crippen LogP contribution is 2.20. The van der Waals surface area contributed by atoms with Gasteiger partial charge in [0.25, 0.3) is 5.91 Å². The van der Waals surface area contributed by atoms with E-state index in [9.17, 15) is 9.59 Å². The second-order valence-electron chi connectivity index (χ2n) is 6.95. The molecule has 1 saturated heterocycles. The number of aryl methyl sites for hydroxylation is 2. The number of hydrogen-bond acceptors (Lipinski definition) is 4. The van der Waals surface area contributed by atoms with Crippen molar-refractivity contribution in [2.45, 2.75) is 38.7 Å². The summed E-state index contributed by atoms with van der Waals surface area (Å²) in [6.07, 6.45) is 4.42. The van der Waals surface area contributed by atoms with E-state index in [1.165, 1.54) is 17.3 Å². The van der Waals surface area contributed by atoms with Crippen molar-refractivity contribution in [2.75, 3.05) is 13.1 Å². The van der Waals surface area contributed by atoms with Gasteiger partial charge in [0.15, 0.2) is 0 Å². The number of nitrogens with zero attached hydrogens (tertiary/aromatic N) is 2. The fraction of sp³-hybridized carbons (Fsp3) is 0.381. The Hall–Kier alpha value is -2.89. The van der Waals surface area contributed by atoms with Gasteiger partial charge in [-0.15, -0.1) is 0 Å². The lowest BCUT2D eigenvalue weighted by molar-refractivity contribution is -0.133. The van der Waals surface area contributed by atoms with Crippen LogP contribution in [0.1, 0.15) is 40.9 Å². The van der Waals surface area contributed by atoms with E-state index in [-0.39, 0.29) is 17.7 Å². The van der Waals surface area contributed by atoms with E-state index in [1.54, 1.807) is 12.1 Å². The number of rotatable bonds is 6.